The van der Waals surface area contributed by atoms with Crippen molar-refractivity contribution in [2.24, 2.45) is 0 Å². The lowest BCUT2D eigenvalue weighted by atomic mass is 10.2. The van der Waals surface area contributed by atoms with Crippen molar-refractivity contribution < 1.29 is 4.39 Å². The number of aromatic nitrogens is 2. The molecule has 0 bridgehead atoms. The van der Waals surface area contributed by atoms with Gasteiger partial charge in [-0.1, -0.05) is 19.1 Å². The van der Waals surface area contributed by atoms with E-state index in [2.05, 4.69) is 16.8 Å². The Kier molecular flexibility index (Phi) is 4.39. The number of benzene rings is 1. The Hall–Kier alpha value is -2.05. The monoisotopic (exact) mass is 357 g/mol. The van der Waals surface area contributed by atoms with Crippen molar-refractivity contribution in [2.75, 3.05) is 6.54 Å². The summed E-state index contributed by atoms with van der Waals surface area (Å²) in [6, 6.07) is 6.63. The van der Waals surface area contributed by atoms with E-state index in [1.807, 2.05) is 6.07 Å². The average molecular weight is 357 g/mol. The molecule has 0 unspecified atom stereocenters. The third kappa shape index (κ3) is 3.24. The molecule has 4 rings (SSSR count). The summed E-state index contributed by atoms with van der Waals surface area (Å²) in [4.78, 5) is 24.5. The molecular formula is C19H20FN3OS. The first kappa shape index (κ1) is 16.4. The van der Waals surface area contributed by atoms with Gasteiger partial charge >= 0.3 is 0 Å². The van der Waals surface area contributed by atoms with Crippen molar-refractivity contribution in [3.05, 3.63) is 62.3 Å². The van der Waals surface area contributed by atoms with Crippen molar-refractivity contribution in [3.63, 3.8) is 0 Å². The molecular weight excluding hydrogens is 337 g/mol. The molecule has 1 aliphatic carbocycles. The molecule has 130 valence electrons. The van der Waals surface area contributed by atoms with Gasteiger partial charge in [0.2, 0.25) is 0 Å². The van der Waals surface area contributed by atoms with Crippen LogP contribution in [-0.4, -0.2) is 21.4 Å². The molecule has 0 saturated carbocycles. The fraction of sp³-hybridized carbons (Fsp3) is 0.368. The van der Waals surface area contributed by atoms with E-state index in [0.29, 0.717) is 18.9 Å². The van der Waals surface area contributed by atoms with Gasteiger partial charge in [-0.05, 0) is 49.1 Å². The molecule has 1 N–H and O–H groups in total. The van der Waals surface area contributed by atoms with Gasteiger partial charge in [-0.3, -0.25) is 9.69 Å². The molecule has 4 nitrogen and oxygen atoms in total. The van der Waals surface area contributed by atoms with Crippen LogP contribution in [0, 0.1) is 5.82 Å². The fourth-order valence-corrected chi connectivity index (χ4v) is 4.79. The molecule has 6 heteroatoms. The summed E-state index contributed by atoms with van der Waals surface area (Å²) in [5.41, 5.74) is 2.09. The number of hydrogen-bond acceptors (Lipinski definition) is 4. The van der Waals surface area contributed by atoms with Crippen molar-refractivity contribution in [3.8, 4) is 0 Å². The van der Waals surface area contributed by atoms with E-state index in [1.54, 1.807) is 23.5 Å². The standard InChI is InChI=1S/C19H20FN3OS/c1-2-23(10-12-5-3-6-13(20)9-12)11-16-21-18(24)17-14-7-4-8-15(14)25-19(17)22-16/h3,5-6,9H,2,4,7-8,10-11H2,1H3,(H,21,22,24). The lowest BCUT2D eigenvalue weighted by Gasteiger charge is -2.19. The Labute approximate surface area is 149 Å². The number of hydrogen-bond donors (Lipinski definition) is 1. The predicted molar refractivity (Wildman–Crippen MR) is 98.5 cm³/mol. The molecule has 0 fully saturated rings. The summed E-state index contributed by atoms with van der Waals surface area (Å²) < 4.78 is 13.4. The fourth-order valence-electron chi connectivity index (χ4n) is 3.51. The molecule has 0 amide bonds. The Morgan fingerprint density at radius 2 is 2.20 bits per heavy atom. The van der Waals surface area contributed by atoms with Gasteiger partial charge in [0.1, 0.15) is 16.5 Å². The van der Waals surface area contributed by atoms with Crippen LogP contribution in [-0.2, 0) is 25.9 Å². The van der Waals surface area contributed by atoms with Crippen molar-refractivity contribution in [1.29, 1.82) is 0 Å². The summed E-state index contributed by atoms with van der Waals surface area (Å²) in [6.07, 6.45) is 3.18. The second-order valence-electron chi connectivity index (χ2n) is 6.48. The molecule has 1 aliphatic rings. The van der Waals surface area contributed by atoms with E-state index < -0.39 is 0 Å². The van der Waals surface area contributed by atoms with Gasteiger partial charge in [-0.2, -0.15) is 0 Å². The third-order valence-electron chi connectivity index (χ3n) is 4.74. The predicted octanol–water partition coefficient (Wildman–Crippen LogP) is 3.63. The highest BCUT2D eigenvalue weighted by Crippen LogP contribution is 2.34. The van der Waals surface area contributed by atoms with Crippen LogP contribution in [0.25, 0.3) is 10.2 Å². The maximum absolute atomic E-state index is 13.4. The topological polar surface area (TPSA) is 49.0 Å². The van der Waals surface area contributed by atoms with Crippen LogP contribution in [0.5, 0.6) is 0 Å². The van der Waals surface area contributed by atoms with Gasteiger partial charge < -0.3 is 4.98 Å². The molecule has 0 aliphatic heterocycles. The minimum absolute atomic E-state index is 0.0267. The normalized spacial score (nSPS) is 13.7. The third-order valence-corrected chi connectivity index (χ3v) is 5.93. The van der Waals surface area contributed by atoms with Gasteiger partial charge in [-0.15, -0.1) is 11.3 Å². The number of nitrogens with one attached hydrogen (secondary N) is 1. The molecule has 0 radical (unpaired) electrons. The molecule has 3 aromatic rings. The Morgan fingerprint density at radius 3 is 3.00 bits per heavy atom. The van der Waals surface area contributed by atoms with Crippen LogP contribution in [0.4, 0.5) is 4.39 Å². The van der Waals surface area contributed by atoms with Crippen LogP contribution in [0.2, 0.25) is 0 Å². The van der Waals surface area contributed by atoms with Crippen molar-refractivity contribution in [1.82, 2.24) is 14.9 Å². The van der Waals surface area contributed by atoms with E-state index in [-0.39, 0.29) is 11.4 Å². The largest absolute Gasteiger partial charge is 0.309 e. The van der Waals surface area contributed by atoms with Crippen LogP contribution >= 0.6 is 11.3 Å². The molecule has 25 heavy (non-hydrogen) atoms. The Morgan fingerprint density at radius 1 is 1.32 bits per heavy atom. The highest BCUT2D eigenvalue weighted by atomic mass is 32.1. The first-order valence-corrected chi connectivity index (χ1v) is 9.46. The SMILES string of the molecule is CCN(Cc1cccc(F)c1)Cc1nc2sc3c(c2c(=O)[nH]1)CCC3. The Balaban J connectivity index is 1.59. The van der Waals surface area contributed by atoms with Gasteiger partial charge in [0.25, 0.3) is 5.56 Å². The number of aryl methyl sites for hydroxylation is 2. The van der Waals surface area contributed by atoms with E-state index in [9.17, 15) is 9.18 Å². The molecule has 2 aromatic heterocycles. The summed E-state index contributed by atoms with van der Waals surface area (Å²) in [5.74, 6) is 0.449. The average Bonchev–Trinajstić information content (AvgIpc) is 3.14. The van der Waals surface area contributed by atoms with E-state index in [4.69, 9.17) is 4.98 Å². The maximum Gasteiger partial charge on any atom is 0.259 e. The zero-order valence-corrected chi connectivity index (χ0v) is 15.0. The van der Waals surface area contributed by atoms with Crippen molar-refractivity contribution >= 4 is 21.6 Å². The molecule has 1 aromatic carbocycles. The van der Waals surface area contributed by atoms with Gasteiger partial charge in [0.05, 0.1) is 11.9 Å². The van der Waals surface area contributed by atoms with Gasteiger partial charge in [0.15, 0.2) is 0 Å². The number of rotatable bonds is 5. The lowest BCUT2D eigenvalue weighted by Crippen LogP contribution is -2.25. The molecule has 0 atom stereocenters. The smallest absolute Gasteiger partial charge is 0.259 e. The lowest BCUT2D eigenvalue weighted by molar-refractivity contribution is 0.264. The van der Waals surface area contributed by atoms with E-state index in [1.165, 1.54) is 16.5 Å². The summed E-state index contributed by atoms with van der Waals surface area (Å²) in [7, 11) is 0. The molecule has 2 heterocycles. The summed E-state index contributed by atoms with van der Waals surface area (Å²) in [6.45, 7) is 4.01. The van der Waals surface area contributed by atoms with Crippen molar-refractivity contribution in [2.45, 2.75) is 39.3 Å². The maximum atomic E-state index is 13.4. The van der Waals surface area contributed by atoms with Gasteiger partial charge in [0, 0.05) is 11.4 Å². The number of aromatic amines is 1. The number of nitrogens with zero attached hydrogens (tertiary/aromatic N) is 2. The highest BCUT2D eigenvalue weighted by molar-refractivity contribution is 7.18. The quantitative estimate of drug-likeness (QED) is 0.758. The minimum atomic E-state index is -0.227. The second kappa shape index (κ2) is 6.69. The minimum Gasteiger partial charge on any atom is -0.309 e. The first-order chi connectivity index (χ1) is 12.1. The van der Waals surface area contributed by atoms with Crippen LogP contribution in [0.1, 0.15) is 35.2 Å². The number of halogens is 1. The zero-order chi connectivity index (χ0) is 17.4. The van der Waals surface area contributed by atoms with Crippen LogP contribution in [0.3, 0.4) is 0 Å². The van der Waals surface area contributed by atoms with Crippen LogP contribution < -0.4 is 5.56 Å². The number of H-pyrrole nitrogens is 1. The summed E-state index contributed by atoms with van der Waals surface area (Å²) in [5, 5.41) is 0.787. The van der Waals surface area contributed by atoms with Gasteiger partial charge in [-0.25, -0.2) is 9.37 Å². The molecule has 0 spiro atoms. The number of thiophene rings is 1. The molecule has 0 saturated heterocycles. The zero-order valence-electron chi connectivity index (χ0n) is 14.1. The van der Waals surface area contributed by atoms with E-state index in [0.717, 1.165) is 41.6 Å². The summed E-state index contributed by atoms with van der Waals surface area (Å²) >= 11 is 1.66. The number of fused-ring (bicyclic) bond motifs is 3. The highest BCUT2D eigenvalue weighted by Gasteiger charge is 2.21. The van der Waals surface area contributed by atoms with Crippen LogP contribution in [0.15, 0.2) is 29.1 Å². The first-order valence-electron chi connectivity index (χ1n) is 8.64. The second-order valence-corrected chi connectivity index (χ2v) is 7.57. The van der Waals surface area contributed by atoms with E-state index >= 15 is 0 Å². The Bertz CT molecular complexity index is 978.